The van der Waals surface area contributed by atoms with E-state index in [1.54, 1.807) is 6.92 Å². The van der Waals surface area contributed by atoms with Crippen molar-refractivity contribution in [2.45, 2.75) is 6.92 Å². The molecule has 0 fully saturated rings. The summed E-state index contributed by atoms with van der Waals surface area (Å²) in [6.07, 6.45) is 0. The molecule has 1 heterocycles. The Morgan fingerprint density at radius 2 is 1.89 bits per heavy atom. The van der Waals surface area contributed by atoms with Crippen LogP contribution in [0.15, 0.2) is 12.1 Å². The number of aromatic nitrogens is 1. The standard InChI is InChI=1S/C11H13Cl2N3O2/c1-3-16(6-10(17)14-2)11(18)7-4-8(12)15-9(13)5-7/h4-5H,3,6H2,1-2H3,(H,14,17). The number of nitrogens with zero attached hydrogens (tertiary/aromatic N) is 2. The second-order valence-corrected chi connectivity index (χ2v) is 4.27. The van der Waals surface area contributed by atoms with Gasteiger partial charge in [0.15, 0.2) is 0 Å². The highest BCUT2D eigenvalue weighted by Crippen LogP contribution is 2.16. The molecule has 2 amide bonds. The highest BCUT2D eigenvalue weighted by Gasteiger charge is 2.17. The third-order valence-corrected chi connectivity index (χ3v) is 2.68. The summed E-state index contributed by atoms with van der Waals surface area (Å²) in [5.41, 5.74) is 0.311. The molecule has 0 spiro atoms. The third-order valence-electron chi connectivity index (χ3n) is 2.29. The predicted molar refractivity (Wildman–Crippen MR) is 69.9 cm³/mol. The number of amides is 2. The van der Waals surface area contributed by atoms with Crippen molar-refractivity contribution in [1.82, 2.24) is 15.2 Å². The van der Waals surface area contributed by atoms with E-state index in [0.717, 1.165) is 0 Å². The van der Waals surface area contributed by atoms with E-state index >= 15 is 0 Å². The topological polar surface area (TPSA) is 62.3 Å². The van der Waals surface area contributed by atoms with Gasteiger partial charge < -0.3 is 10.2 Å². The number of carbonyl (C=O) groups is 2. The molecule has 1 rings (SSSR count). The summed E-state index contributed by atoms with van der Waals surface area (Å²) in [7, 11) is 1.51. The van der Waals surface area contributed by atoms with Crippen LogP contribution in [0.1, 0.15) is 17.3 Å². The van der Waals surface area contributed by atoms with Crippen molar-refractivity contribution < 1.29 is 9.59 Å². The average Bonchev–Trinajstić information content (AvgIpc) is 2.33. The lowest BCUT2D eigenvalue weighted by atomic mass is 10.2. The average molecular weight is 290 g/mol. The molecule has 0 saturated heterocycles. The molecular formula is C11H13Cl2N3O2. The van der Waals surface area contributed by atoms with Crippen molar-refractivity contribution >= 4 is 35.0 Å². The van der Waals surface area contributed by atoms with E-state index in [2.05, 4.69) is 10.3 Å². The maximum absolute atomic E-state index is 12.1. The Balaban J connectivity index is 2.92. The summed E-state index contributed by atoms with van der Waals surface area (Å²) in [5, 5.41) is 2.74. The molecule has 0 atom stereocenters. The Bertz CT molecular complexity index is 445. The first-order valence-electron chi connectivity index (χ1n) is 5.30. The maximum Gasteiger partial charge on any atom is 0.254 e. The highest BCUT2D eigenvalue weighted by atomic mass is 35.5. The minimum atomic E-state index is -0.313. The lowest BCUT2D eigenvalue weighted by Crippen LogP contribution is -2.39. The number of likely N-dealkylation sites (N-methyl/N-ethyl adjacent to an activating group) is 2. The van der Waals surface area contributed by atoms with Crippen LogP contribution >= 0.6 is 23.2 Å². The molecule has 0 saturated carbocycles. The van der Waals surface area contributed by atoms with Gasteiger partial charge in [-0.3, -0.25) is 9.59 Å². The largest absolute Gasteiger partial charge is 0.358 e. The second kappa shape index (κ2) is 6.56. The maximum atomic E-state index is 12.1. The van der Waals surface area contributed by atoms with E-state index in [9.17, 15) is 9.59 Å². The highest BCUT2D eigenvalue weighted by molar-refractivity contribution is 6.33. The smallest absolute Gasteiger partial charge is 0.254 e. The fourth-order valence-corrected chi connectivity index (χ4v) is 1.81. The minimum Gasteiger partial charge on any atom is -0.358 e. The number of pyridine rings is 1. The monoisotopic (exact) mass is 289 g/mol. The van der Waals surface area contributed by atoms with Gasteiger partial charge >= 0.3 is 0 Å². The Kier molecular flexibility index (Phi) is 5.37. The summed E-state index contributed by atoms with van der Waals surface area (Å²) in [5.74, 6) is -0.552. The van der Waals surface area contributed by atoms with Gasteiger partial charge in [0, 0.05) is 19.2 Å². The van der Waals surface area contributed by atoms with Gasteiger partial charge in [0.05, 0.1) is 6.54 Å². The van der Waals surface area contributed by atoms with Gasteiger partial charge in [0.2, 0.25) is 5.91 Å². The van der Waals surface area contributed by atoms with Crippen LogP contribution in [-0.4, -0.2) is 41.8 Å². The molecule has 18 heavy (non-hydrogen) atoms. The van der Waals surface area contributed by atoms with Crippen LogP contribution in [0.4, 0.5) is 0 Å². The first-order valence-corrected chi connectivity index (χ1v) is 6.06. The van der Waals surface area contributed by atoms with Crippen LogP contribution in [0, 0.1) is 0 Å². The van der Waals surface area contributed by atoms with Crippen molar-refractivity contribution in [3.8, 4) is 0 Å². The van der Waals surface area contributed by atoms with Crippen molar-refractivity contribution in [3.63, 3.8) is 0 Å². The Morgan fingerprint density at radius 1 is 1.33 bits per heavy atom. The molecule has 7 heteroatoms. The fourth-order valence-electron chi connectivity index (χ4n) is 1.35. The molecule has 1 N–H and O–H groups in total. The molecule has 98 valence electrons. The van der Waals surface area contributed by atoms with Crippen molar-refractivity contribution in [1.29, 1.82) is 0 Å². The van der Waals surface area contributed by atoms with Crippen LogP contribution in [0.2, 0.25) is 10.3 Å². The zero-order valence-electron chi connectivity index (χ0n) is 10.0. The van der Waals surface area contributed by atoms with Gasteiger partial charge in [-0.15, -0.1) is 0 Å². The van der Waals surface area contributed by atoms with Gasteiger partial charge in [-0.2, -0.15) is 0 Å². The molecule has 1 aromatic heterocycles. The second-order valence-electron chi connectivity index (χ2n) is 3.49. The number of halogens is 2. The molecule has 0 bridgehead atoms. The molecule has 1 aromatic rings. The van der Waals surface area contributed by atoms with Crippen LogP contribution < -0.4 is 5.32 Å². The number of nitrogens with one attached hydrogen (secondary N) is 1. The Morgan fingerprint density at radius 3 is 2.33 bits per heavy atom. The molecular weight excluding hydrogens is 277 g/mol. The van der Waals surface area contributed by atoms with Gasteiger partial charge in [-0.25, -0.2) is 4.98 Å². The zero-order chi connectivity index (χ0) is 13.7. The van der Waals surface area contributed by atoms with Gasteiger partial charge in [0.1, 0.15) is 10.3 Å². The van der Waals surface area contributed by atoms with Crippen LogP contribution in [0.3, 0.4) is 0 Å². The van der Waals surface area contributed by atoms with Crippen molar-refractivity contribution in [2.24, 2.45) is 0 Å². The molecule has 0 aliphatic carbocycles. The molecule has 5 nitrogen and oxygen atoms in total. The Labute approximate surface area is 115 Å². The minimum absolute atomic E-state index is 0.0105. The molecule has 0 radical (unpaired) electrons. The lowest BCUT2D eigenvalue weighted by molar-refractivity contribution is -0.121. The number of rotatable bonds is 4. The number of hydrogen-bond acceptors (Lipinski definition) is 3. The first kappa shape index (κ1) is 14.7. The SMILES string of the molecule is CCN(CC(=O)NC)C(=O)c1cc(Cl)nc(Cl)c1. The van der Waals surface area contributed by atoms with Crippen molar-refractivity contribution in [2.75, 3.05) is 20.1 Å². The van der Waals surface area contributed by atoms with E-state index in [1.807, 2.05) is 0 Å². The van der Waals surface area contributed by atoms with E-state index in [4.69, 9.17) is 23.2 Å². The van der Waals surface area contributed by atoms with Crippen LogP contribution in [-0.2, 0) is 4.79 Å². The number of hydrogen-bond donors (Lipinski definition) is 1. The van der Waals surface area contributed by atoms with Crippen molar-refractivity contribution in [3.05, 3.63) is 28.0 Å². The molecule has 0 aliphatic heterocycles. The van der Waals surface area contributed by atoms with E-state index in [-0.39, 0.29) is 28.7 Å². The normalized spacial score (nSPS) is 10.0. The first-order chi connectivity index (χ1) is 8.47. The Hall–Kier alpha value is -1.33. The lowest BCUT2D eigenvalue weighted by Gasteiger charge is -2.19. The van der Waals surface area contributed by atoms with E-state index in [1.165, 1.54) is 24.1 Å². The zero-order valence-corrected chi connectivity index (χ0v) is 11.5. The van der Waals surface area contributed by atoms with E-state index in [0.29, 0.717) is 12.1 Å². The fraction of sp³-hybridized carbons (Fsp3) is 0.364. The summed E-state index contributed by atoms with van der Waals surface area (Å²) in [4.78, 5) is 28.6. The third kappa shape index (κ3) is 3.85. The van der Waals surface area contributed by atoms with Gasteiger partial charge in [0.25, 0.3) is 5.91 Å². The summed E-state index contributed by atoms with van der Waals surface area (Å²) in [6, 6.07) is 2.84. The number of carbonyl (C=O) groups excluding carboxylic acids is 2. The summed E-state index contributed by atoms with van der Waals surface area (Å²) < 4.78 is 0. The predicted octanol–water partition coefficient (Wildman–Crippen LogP) is 1.60. The van der Waals surface area contributed by atoms with Gasteiger partial charge in [-0.1, -0.05) is 23.2 Å². The summed E-state index contributed by atoms with van der Waals surface area (Å²) in [6.45, 7) is 2.18. The molecule has 0 aliphatic rings. The van der Waals surface area contributed by atoms with Crippen LogP contribution in [0.5, 0.6) is 0 Å². The molecule has 0 unspecified atom stereocenters. The quantitative estimate of drug-likeness (QED) is 0.857. The van der Waals surface area contributed by atoms with Crippen LogP contribution in [0.25, 0.3) is 0 Å². The van der Waals surface area contributed by atoms with E-state index < -0.39 is 0 Å². The summed E-state index contributed by atoms with van der Waals surface area (Å²) >= 11 is 11.5. The van der Waals surface area contributed by atoms with Gasteiger partial charge in [-0.05, 0) is 19.1 Å². The molecule has 0 aromatic carbocycles.